The molecule has 0 radical (unpaired) electrons. The number of amides is 3. The van der Waals surface area contributed by atoms with Gasteiger partial charge >= 0.3 is 0 Å². The van der Waals surface area contributed by atoms with Crippen LogP contribution in [0.5, 0.6) is 0 Å². The second kappa shape index (κ2) is 7.84. The topological polar surface area (TPSA) is 78.5 Å². The highest BCUT2D eigenvalue weighted by molar-refractivity contribution is 6.00. The second-order valence-corrected chi connectivity index (χ2v) is 7.93. The Bertz CT molecular complexity index is 881. The number of benzene rings is 2. The number of nitrogens with zero attached hydrogens (tertiary/aromatic N) is 1. The van der Waals surface area contributed by atoms with Crippen molar-refractivity contribution in [1.82, 2.24) is 10.9 Å². The van der Waals surface area contributed by atoms with Gasteiger partial charge in [0, 0.05) is 29.8 Å². The predicted molar refractivity (Wildman–Crippen MR) is 108 cm³/mol. The Kier molecular flexibility index (Phi) is 5.49. The fourth-order valence-corrected chi connectivity index (χ4v) is 3.09. The van der Waals surface area contributed by atoms with Crippen LogP contribution in [0.15, 0.2) is 48.5 Å². The van der Waals surface area contributed by atoms with Gasteiger partial charge in [-0.3, -0.25) is 25.2 Å². The maximum Gasteiger partial charge on any atom is 0.269 e. The van der Waals surface area contributed by atoms with Crippen LogP contribution in [-0.4, -0.2) is 24.3 Å². The third-order valence-electron chi connectivity index (χ3n) is 4.82. The minimum atomic E-state index is -0.418. The molecule has 0 atom stereocenters. The molecular formula is C22H25N3O3. The van der Waals surface area contributed by atoms with Gasteiger partial charge in [-0.15, -0.1) is 0 Å². The first-order valence-corrected chi connectivity index (χ1v) is 9.37. The Balaban J connectivity index is 1.57. The largest absolute Gasteiger partial charge is 0.312 e. The van der Waals surface area contributed by atoms with Gasteiger partial charge in [-0.2, -0.15) is 0 Å². The molecule has 1 heterocycles. The number of anilines is 1. The van der Waals surface area contributed by atoms with Crippen LogP contribution in [0, 0.1) is 0 Å². The van der Waals surface area contributed by atoms with E-state index >= 15 is 0 Å². The first-order chi connectivity index (χ1) is 13.3. The third kappa shape index (κ3) is 4.39. The van der Waals surface area contributed by atoms with E-state index < -0.39 is 5.91 Å². The first-order valence-electron chi connectivity index (χ1n) is 9.37. The van der Waals surface area contributed by atoms with Crippen molar-refractivity contribution in [3.05, 3.63) is 65.2 Å². The zero-order chi connectivity index (χ0) is 20.3. The highest BCUT2D eigenvalue weighted by atomic mass is 16.2. The van der Waals surface area contributed by atoms with Crippen LogP contribution in [0.1, 0.15) is 59.9 Å². The summed E-state index contributed by atoms with van der Waals surface area (Å²) in [6.07, 6.45) is 1.41. The summed E-state index contributed by atoms with van der Waals surface area (Å²) >= 11 is 0. The highest BCUT2D eigenvalue weighted by Gasteiger charge is 2.21. The maximum absolute atomic E-state index is 12.3. The van der Waals surface area contributed by atoms with Gasteiger partial charge in [-0.05, 0) is 53.8 Å². The molecule has 1 aliphatic heterocycles. The highest BCUT2D eigenvalue weighted by Crippen LogP contribution is 2.22. The molecule has 6 heteroatoms. The Morgan fingerprint density at radius 1 is 0.857 bits per heavy atom. The van der Waals surface area contributed by atoms with E-state index in [-0.39, 0.29) is 17.2 Å². The Morgan fingerprint density at radius 3 is 1.79 bits per heavy atom. The van der Waals surface area contributed by atoms with Crippen LogP contribution in [0.4, 0.5) is 5.69 Å². The van der Waals surface area contributed by atoms with Crippen molar-refractivity contribution in [1.29, 1.82) is 0 Å². The van der Waals surface area contributed by atoms with Gasteiger partial charge in [0.05, 0.1) is 0 Å². The summed E-state index contributed by atoms with van der Waals surface area (Å²) in [5.41, 5.74) is 7.64. The summed E-state index contributed by atoms with van der Waals surface area (Å²) in [5, 5.41) is 0. The van der Waals surface area contributed by atoms with Crippen molar-refractivity contribution in [2.24, 2.45) is 0 Å². The lowest BCUT2D eigenvalue weighted by molar-refractivity contribution is -0.117. The molecule has 2 aromatic carbocycles. The van der Waals surface area contributed by atoms with E-state index in [0.717, 1.165) is 17.7 Å². The molecule has 0 saturated carbocycles. The molecule has 6 nitrogen and oxygen atoms in total. The predicted octanol–water partition coefficient (Wildman–Crippen LogP) is 3.19. The quantitative estimate of drug-likeness (QED) is 0.804. The SMILES string of the molecule is CC(C)(C)c1ccc(C(=O)NNC(=O)c2ccc(N3CCCC3=O)cc2)cc1. The summed E-state index contributed by atoms with van der Waals surface area (Å²) in [6.45, 7) is 7.02. The summed E-state index contributed by atoms with van der Waals surface area (Å²) < 4.78 is 0. The van der Waals surface area contributed by atoms with E-state index in [9.17, 15) is 14.4 Å². The molecule has 2 aromatic rings. The minimum Gasteiger partial charge on any atom is -0.312 e. The second-order valence-electron chi connectivity index (χ2n) is 7.93. The van der Waals surface area contributed by atoms with Crippen molar-refractivity contribution in [3.63, 3.8) is 0 Å². The fraction of sp³-hybridized carbons (Fsp3) is 0.318. The Morgan fingerprint density at radius 2 is 1.36 bits per heavy atom. The molecule has 0 aliphatic carbocycles. The molecule has 1 aliphatic rings. The van der Waals surface area contributed by atoms with Crippen molar-refractivity contribution in [2.45, 2.75) is 39.0 Å². The van der Waals surface area contributed by atoms with E-state index in [1.807, 2.05) is 12.1 Å². The number of rotatable bonds is 3. The molecule has 2 N–H and O–H groups in total. The number of hydrazine groups is 1. The molecule has 0 spiro atoms. The first kappa shape index (κ1) is 19.6. The number of carbonyl (C=O) groups excluding carboxylic acids is 3. The van der Waals surface area contributed by atoms with Gasteiger partial charge in [0.1, 0.15) is 0 Å². The fourth-order valence-electron chi connectivity index (χ4n) is 3.09. The van der Waals surface area contributed by atoms with E-state index in [1.165, 1.54) is 0 Å². The number of hydrogen-bond acceptors (Lipinski definition) is 3. The average Bonchev–Trinajstić information content (AvgIpc) is 3.11. The lowest BCUT2D eigenvalue weighted by Gasteiger charge is -2.19. The minimum absolute atomic E-state index is 0.00899. The zero-order valence-corrected chi connectivity index (χ0v) is 16.4. The van der Waals surface area contributed by atoms with Crippen molar-refractivity contribution in [3.8, 4) is 0 Å². The smallest absolute Gasteiger partial charge is 0.269 e. The normalized spacial score (nSPS) is 14.1. The van der Waals surface area contributed by atoms with Crippen LogP contribution >= 0.6 is 0 Å². The van der Waals surface area contributed by atoms with Gasteiger partial charge in [-0.1, -0.05) is 32.9 Å². The molecule has 1 fully saturated rings. The van der Waals surface area contributed by atoms with Crippen LogP contribution in [0.25, 0.3) is 0 Å². The van der Waals surface area contributed by atoms with Gasteiger partial charge in [0.2, 0.25) is 5.91 Å². The molecule has 3 rings (SSSR count). The van der Waals surface area contributed by atoms with Gasteiger partial charge in [0.25, 0.3) is 11.8 Å². The average molecular weight is 379 g/mol. The van der Waals surface area contributed by atoms with E-state index in [4.69, 9.17) is 0 Å². The number of nitrogens with one attached hydrogen (secondary N) is 2. The lowest BCUT2D eigenvalue weighted by Crippen LogP contribution is -2.41. The lowest BCUT2D eigenvalue weighted by atomic mass is 9.87. The van der Waals surface area contributed by atoms with Crippen LogP contribution in [-0.2, 0) is 10.2 Å². The summed E-state index contributed by atoms with van der Waals surface area (Å²) in [4.78, 5) is 38.0. The number of hydrogen-bond donors (Lipinski definition) is 2. The zero-order valence-electron chi connectivity index (χ0n) is 16.4. The van der Waals surface area contributed by atoms with Gasteiger partial charge in [-0.25, -0.2) is 0 Å². The van der Waals surface area contributed by atoms with E-state index in [1.54, 1.807) is 41.3 Å². The van der Waals surface area contributed by atoms with E-state index in [0.29, 0.717) is 24.1 Å². The van der Waals surface area contributed by atoms with Gasteiger partial charge in [0.15, 0.2) is 0 Å². The molecule has 28 heavy (non-hydrogen) atoms. The third-order valence-corrected chi connectivity index (χ3v) is 4.82. The van der Waals surface area contributed by atoms with Crippen LogP contribution in [0.3, 0.4) is 0 Å². The Labute approximate surface area is 164 Å². The summed E-state index contributed by atoms with van der Waals surface area (Å²) in [6, 6.07) is 14.1. The molecule has 3 amide bonds. The summed E-state index contributed by atoms with van der Waals surface area (Å²) in [5.74, 6) is -0.700. The van der Waals surface area contributed by atoms with Crippen molar-refractivity contribution >= 4 is 23.4 Å². The number of carbonyl (C=O) groups is 3. The molecule has 0 bridgehead atoms. The van der Waals surface area contributed by atoms with Crippen molar-refractivity contribution in [2.75, 3.05) is 11.4 Å². The van der Waals surface area contributed by atoms with E-state index in [2.05, 4.69) is 31.6 Å². The molecule has 1 saturated heterocycles. The molecular weight excluding hydrogens is 354 g/mol. The monoisotopic (exact) mass is 379 g/mol. The van der Waals surface area contributed by atoms with Crippen molar-refractivity contribution < 1.29 is 14.4 Å². The molecule has 0 aromatic heterocycles. The standard InChI is InChI=1S/C22H25N3O3/c1-22(2,3)17-10-6-15(7-11-17)20(27)23-24-21(28)16-8-12-18(13-9-16)25-14-4-5-19(25)26/h6-13H,4-5,14H2,1-3H3,(H,23,27)(H,24,28). The summed E-state index contributed by atoms with van der Waals surface area (Å²) in [7, 11) is 0. The Hall–Kier alpha value is -3.15. The maximum atomic E-state index is 12.3. The molecule has 0 unspecified atom stereocenters. The van der Waals surface area contributed by atoms with Gasteiger partial charge < -0.3 is 4.90 Å². The molecule has 146 valence electrons. The van der Waals surface area contributed by atoms with Crippen LogP contribution < -0.4 is 15.8 Å². The van der Waals surface area contributed by atoms with Crippen LogP contribution in [0.2, 0.25) is 0 Å².